The number of carbonyl (C=O) groups excluding carboxylic acids is 2. The number of halogens is 1. The smallest absolute Gasteiger partial charge is 0.220 e. The zero-order chi connectivity index (χ0) is 14.5. The first kappa shape index (κ1) is 14.7. The van der Waals surface area contributed by atoms with Gasteiger partial charge in [-0.1, -0.05) is 18.6 Å². The predicted octanol–water partition coefficient (Wildman–Crippen LogP) is 3.15. The molecule has 1 aromatic rings. The van der Waals surface area contributed by atoms with Crippen LogP contribution in [0.2, 0.25) is 0 Å². The topological polar surface area (TPSA) is 46.2 Å². The number of carbonyl (C=O) groups is 2. The van der Waals surface area contributed by atoms with Gasteiger partial charge >= 0.3 is 0 Å². The summed E-state index contributed by atoms with van der Waals surface area (Å²) in [6.07, 6.45) is 3.82. The fourth-order valence-corrected chi connectivity index (χ4v) is 2.45. The van der Waals surface area contributed by atoms with E-state index in [1.807, 2.05) is 0 Å². The summed E-state index contributed by atoms with van der Waals surface area (Å²) >= 11 is 0. The molecule has 108 valence electrons. The van der Waals surface area contributed by atoms with Gasteiger partial charge < -0.3 is 10.1 Å². The van der Waals surface area contributed by atoms with Crippen molar-refractivity contribution >= 4 is 11.7 Å². The van der Waals surface area contributed by atoms with Crippen molar-refractivity contribution < 1.29 is 14.0 Å². The molecule has 0 aliphatic heterocycles. The van der Waals surface area contributed by atoms with Gasteiger partial charge in [0.2, 0.25) is 5.91 Å². The maximum atomic E-state index is 13.0. The summed E-state index contributed by atoms with van der Waals surface area (Å²) in [6, 6.07) is 6.22. The van der Waals surface area contributed by atoms with E-state index in [4.69, 9.17) is 0 Å². The average Bonchev–Trinajstić information content (AvgIpc) is 2.34. The fraction of sp³-hybridized carbons (Fsp3) is 0.500. The molecule has 1 saturated carbocycles. The lowest BCUT2D eigenvalue weighted by Crippen LogP contribution is -2.36. The Kier molecular flexibility index (Phi) is 4.88. The second-order valence-electron chi connectivity index (χ2n) is 5.49. The van der Waals surface area contributed by atoms with Crippen molar-refractivity contribution in [1.82, 2.24) is 5.32 Å². The molecule has 1 aliphatic rings. The Hall–Kier alpha value is -1.71. The quantitative estimate of drug-likeness (QED) is 0.868. The maximum absolute atomic E-state index is 13.0. The molecule has 0 heterocycles. The minimum atomic E-state index is -0.274. The molecule has 1 fully saturated rings. The van der Waals surface area contributed by atoms with Gasteiger partial charge in [0.1, 0.15) is 11.6 Å². The van der Waals surface area contributed by atoms with Crippen LogP contribution >= 0.6 is 0 Å². The molecule has 1 N–H and O–H groups in total. The van der Waals surface area contributed by atoms with Gasteiger partial charge in [-0.25, -0.2) is 4.39 Å². The molecule has 0 saturated heterocycles. The summed E-state index contributed by atoms with van der Waals surface area (Å²) in [6.45, 7) is 1.48. The van der Waals surface area contributed by atoms with Gasteiger partial charge in [0.05, 0.1) is 6.04 Å². The summed E-state index contributed by atoms with van der Waals surface area (Å²) < 4.78 is 13.0. The van der Waals surface area contributed by atoms with E-state index in [-0.39, 0.29) is 36.4 Å². The molecule has 1 atom stereocenters. The first-order valence-electron chi connectivity index (χ1n) is 7.10. The molecule has 3 nitrogen and oxygen atoms in total. The summed E-state index contributed by atoms with van der Waals surface area (Å²) in [5.41, 5.74) is 0.937. The van der Waals surface area contributed by atoms with Crippen molar-refractivity contribution in [2.75, 3.05) is 0 Å². The summed E-state index contributed by atoms with van der Waals surface area (Å²) in [7, 11) is 0. The van der Waals surface area contributed by atoms with Crippen LogP contribution in [0, 0.1) is 11.7 Å². The number of ketones is 1. The van der Waals surface area contributed by atoms with E-state index in [2.05, 4.69) is 5.32 Å². The van der Waals surface area contributed by atoms with E-state index < -0.39 is 0 Å². The Morgan fingerprint density at radius 3 is 2.40 bits per heavy atom. The zero-order valence-electron chi connectivity index (χ0n) is 11.7. The fourth-order valence-electron chi connectivity index (χ4n) is 2.45. The van der Waals surface area contributed by atoms with Crippen LogP contribution in [0.5, 0.6) is 0 Å². The van der Waals surface area contributed by atoms with Crippen molar-refractivity contribution in [3.63, 3.8) is 0 Å². The number of amides is 1. The highest BCUT2D eigenvalue weighted by atomic mass is 19.1. The van der Waals surface area contributed by atoms with Gasteiger partial charge in [-0.2, -0.15) is 0 Å². The summed E-state index contributed by atoms with van der Waals surface area (Å²) in [5, 5.41) is 3.00. The number of Topliss-reactive ketones (excluding diaryl/α,β-unsaturated/α-hetero) is 1. The van der Waals surface area contributed by atoms with E-state index >= 15 is 0 Å². The zero-order valence-corrected chi connectivity index (χ0v) is 11.7. The van der Waals surface area contributed by atoms with E-state index in [0.29, 0.717) is 5.92 Å². The van der Waals surface area contributed by atoms with Crippen LogP contribution in [0.3, 0.4) is 0 Å². The van der Waals surface area contributed by atoms with Crippen LogP contribution in [0.25, 0.3) is 0 Å². The van der Waals surface area contributed by atoms with Crippen LogP contribution in [-0.2, 0) is 9.59 Å². The molecule has 20 heavy (non-hydrogen) atoms. The summed E-state index contributed by atoms with van der Waals surface area (Å²) in [4.78, 5) is 22.8. The lowest BCUT2D eigenvalue weighted by Gasteiger charge is -2.34. The van der Waals surface area contributed by atoms with E-state index in [9.17, 15) is 14.0 Å². The lowest BCUT2D eigenvalue weighted by molar-refractivity contribution is -0.125. The van der Waals surface area contributed by atoms with E-state index in [1.165, 1.54) is 25.5 Å². The highest BCUT2D eigenvalue weighted by Crippen LogP contribution is 2.37. The molecular weight excluding hydrogens is 257 g/mol. The van der Waals surface area contributed by atoms with Crippen molar-refractivity contribution in [2.45, 2.75) is 45.1 Å². The van der Waals surface area contributed by atoms with Crippen molar-refractivity contribution in [1.29, 1.82) is 0 Å². The molecule has 4 heteroatoms. The molecule has 1 aliphatic carbocycles. The monoisotopic (exact) mass is 277 g/mol. The maximum Gasteiger partial charge on any atom is 0.220 e. The van der Waals surface area contributed by atoms with Crippen LogP contribution in [0.1, 0.15) is 50.6 Å². The molecule has 1 unspecified atom stereocenters. The average molecular weight is 277 g/mol. The standard InChI is InChI=1S/C16H20FNO2/c1-11(19)5-10-15(20)18-16(12-3-2-4-12)13-6-8-14(17)9-7-13/h6-9,12,16H,2-5,10H2,1H3,(H,18,20). The first-order valence-corrected chi connectivity index (χ1v) is 7.10. The van der Waals surface area contributed by atoms with E-state index in [0.717, 1.165) is 18.4 Å². The van der Waals surface area contributed by atoms with Crippen molar-refractivity contribution in [2.24, 2.45) is 5.92 Å². The number of rotatable bonds is 6. The number of benzene rings is 1. The van der Waals surface area contributed by atoms with Crippen LogP contribution in [0.4, 0.5) is 4.39 Å². The number of hydrogen-bond donors (Lipinski definition) is 1. The first-order chi connectivity index (χ1) is 9.56. The van der Waals surface area contributed by atoms with Crippen LogP contribution in [-0.4, -0.2) is 11.7 Å². The molecular formula is C16H20FNO2. The molecule has 1 amide bonds. The van der Waals surface area contributed by atoms with Crippen LogP contribution in [0.15, 0.2) is 24.3 Å². The predicted molar refractivity (Wildman–Crippen MR) is 74.5 cm³/mol. The van der Waals surface area contributed by atoms with E-state index in [1.54, 1.807) is 12.1 Å². The number of hydrogen-bond acceptors (Lipinski definition) is 2. The largest absolute Gasteiger partial charge is 0.349 e. The number of nitrogens with one attached hydrogen (secondary N) is 1. The van der Waals surface area contributed by atoms with Crippen molar-refractivity contribution in [3.05, 3.63) is 35.6 Å². The van der Waals surface area contributed by atoms with Gasteiger partial charge in [0, 0.05) is 12.8 Å². The van der Waals surface area contributed by atoms with Crippen LogP contribution < -0.4 is 5.32 Å². The highest BCUT2D eigenvalue weighted by Gasteiger charge is 2.29. The van der Waals surface area contributed by atoms with Gasteiger partial charge in [0.25, 0.3) is 0 Å². The molecule has 0 bridgehead atoms. The third kappa shape index (κ3) is 3.89. The third-order valence-corrected chi connectivity index (χ3v) is 3.87. The highest BCUT2D eigenvalue weighted by molar-refractivity contribution is 5.83. The lowest BCUT2D eigenvalue weighted by atomic mass is 9.77. The molecule has 0 aromatic heterocycles. The van der Waals surface area contributed by atoms with Gasteiger partial charge in [0.15, 0.2) is 0 Å². The van der Waals surface area contributed by atoms with Gasteiger partial charge in [-0.3, -0.25) is 4.79 Å². The minimum Gasteiger partial charge on any atom is -0.349 e. The Morgan fingerprint density at radius 1 is 1.25 bits per heavy atom. The third-order valence-electron chi connectivity index (χ3n) is 3.87. The second kappa shape index (κ2) is 6.64. The second-order valence-corrected chi connectivity index (χ2v) is 5.49. The Labute approximate surface area is 118 Å². The summed E-state index contributed by atoms with van der Waals surface area (Å²) in [5.74, 6) is 0.0503. The normalized spacial score (nSPS) is 16.3. The van der Waals surface area contributed by atoms with Gasteiger partial charge in [-0.15, -0.1) is 0 Å². The molecule has 1 aromatic carbocycles. The Morgan fingerprint density at radius 2 is 1.90 bits per heavy atom. The molecule has 2 rings (SSSR count). The van der Waals surface area contributed by atoms with Gasteiger partial charge in [-0.05, 0) is 43.4 Å². The Bertz CT molecular complexity index is 480. The van der Waals surface area contributed by atoms with Crippen molar-refractivity contribution in [3.8, 4) is 0 Å². The SMILES string of the molecule is CC(=O)CCC(=O)NC(c1ccc(F)cc1)C1CCC1. The Balaban J connectivity index is 2.02. The minimum absolute atomic E-state index is 0.0159. The molecule has 0 spiro atoms. The molecule has 0 radical (unpaired) electrons.